The Bertz CT molecular complexity index is 167. The molecule has 0 aromatic carbocycles. The third-order valence-corrected chi connectivity index (χ3v) is 0.781. The SMILES string of the molecule is CC(C)=O.O=C(O)CCCC(=O)O. The van der Waals surface area contributed by atoms with Gasteiger partial charge in [-0.1, -0.05) is 0 Å². The number of Topliss-reactive ketones (excluding diaryl/α,β-unsaturated/α-hetero) is 1. The van der Waals surface area contributed by atoms with Gasteiger partial charge >= 0.3 is 11.9 Å². The van der Waals surface area contributed by atoms with Gasteiger partial charge in [0.25, 0.3) is 0 Å². The summed E-state index contributed by atoms with van der Waals surface area (Å²) >= 11 is 0. The van der Waals surface area contributed by atoms with Crippen LogP contribution in [0.15, 0.2) is 0 Å². The second-order valence-corrected chi connectivity index (χ2v) is 2.55. The molecule has 0 fully saturated rings. The number of carbonyl (C=O) groups excluding carboxylic acids is 1. The second kappa shape index (κ2) is 8.70. The fraction of sp³-hybridized carbons (Fsp3) is 0.625. The molecule has 5 heteroatoms. The van der Waals surface area contributed by atoms with E-state index in [4.69, 9.17) is 10.2 Å². The fourth-order valence-electron chi connectivity index (χ4n) is 0.391. The average Bonchev–Trinajstić information content (AvgIpc) is 1.83. The molecule has 0 amide bonds. The van der Waals surface area contributed by atoms with Crippen LogP contribution in [0.5, 0.6) is 0 Å². The predicted molar refractivity (Wildman–Crippen MR) is 45.5 cm³/mol. The Labute approximate surface area is 76.4 Å². The number of hydrogen-bond acceptors (Lipinski definition) is 3. The van der Waals surface area contributed by atoms with Crippen LogP contribution in [0.25, 0.3) is 0 Å². The van der Waals surface area contributed by atoms with Crippen molar-refractivity contribution >= 4 is 17.7 Å². The Morgan fingerprint density at radius 2 is 1.15 bits per heavy atom. The molecule has 0 unspecified atom stereocenters. The number of rotatable bonds is 4. The molecular weight excluding hydrogens is 176 g/mol. The Kier molecular flexibility index (Phi) is 9.48. The van der Waals surface area contributed by atoms with E-state index in [2.05, 4.69) is 0 Å². The highest BCUT2D eigenvalue weighted by molar-refractivity contribution is 5.72. The van der Waals surface area contributed by atoms with Gasteiger partial charge in [0, 0.05) is 12.8 Å². The van der Waals surface area contributed by atoms with Gasteiger partial charge in [0.15, 0.2) is 0 Å². The van der Waals surface area contributed by atoms with E-state index in [9.17, 15) is 14.4 Å². The number of aliphatic carboxylic acids is 2. The van der Waals surface area contributed by atoms with Crippen molar-refractivity contribution in [2.75, 3.05) is 0 Å². The van der Waals surface area contributed by atoms with Crippen molar-refractivity contribution in [1.29, 1.82) is 0 Å². The first-order valence-corrected chi connectivity index (χ1v) is 3.77. The van der Waals surface area contributed by atoms with E-state index in [1.54, 1.807) is 0 Å². The second-order valence-electron chi connectivity index (χ2n) is 2.55. The number of hydrogen-bond donors (Lipinski definition) is 2. The Balaban J connectivity index is 0. The van der Waals surface area contributed by atoms with Crippen molar-refractivity contribution in [3.05, 3.63) is 0 Å². The van der Waals surface area contributed by atoms with E-state index in [1.807, 2.05) is 0 Å². The van der Waals surface area contributed by atoms with Crippen molar-refractivity contribution in [2.24, 2.45) is 0 Å². The summed E-state index contributed by atoms with van der Waals surface area (Å²) in [6.07, 6.45) is 0.0866. The molecule has 0 aliphatic heterocycles. The standard InChI is InChI=1S/C5H8O4.C3H6O/c6-4(7)2-1-3-5(8)9;1-3(2)4/h1-3H2,(H,6,7)(H,8,9);1-2H3. The smallest absolute Gasteiger partial charge is 0.303 e. The van der Waals surface area contributed by atoms with Gasteiger partial charge in [-0.25, -0.2) is 0 Å². The molecule has 0 saturated heterocycles. The zero-order valence-electron chi connectivity index (χ0n) is 7.74. The molecule has 76 valence electrons. The van der Waals surface area contributed by atoms with Gasteiger partial charge in [-0.05, 0) is 20.3 Å². The molecule has 0 saturated carbocycles. The summed E-state index contributed by atoms with van der Waals surface area (Å²) in [7, 11) is 0. The summed E-state index contributed by atoms with van der Waals surface area (Å²) in [6.45, 7) is 3.06. The van der Waals surface area contributed by atoms with E-state index in [0.29, 0.717) is 0 Å². The van der Waals surface area contributed by atoms with Crippen molar-refractivity contribution in [2.45, 2.75) is 33.1 Å². The third-order valence-electron chi connectivity index (χ3n) is 0.781. The van der Waals surface area contributed by atoms with E-state index in [1.165, 1.54) is 13.8 Å². The number of ketones is 1. The van der Waals surface area contributed by atoms with Crippen molar-refractivity contribution in [1.82, 2.24) is 0 Å². The molecule has 0 rings (SSSR count). The fourth-order valence-corrected chi connectivity index (χ4v) is 0.391. The largest absolute Gasteiger partial charge is 0.481 e. The molecule has 0 heterocycles. The van der Waals surface area contributed by atoms with Gasteiger partial charge in [0.05, 0.1) is 0 Å². The molecule has 5 nitrogen and oxygen atoms in total. The highest BCUT2D eigenvalue weighted by Crippen LogP contribution is 1.93. The van der Waals surface area contributed by atoms with Gasteiger partial charge in [0.1, 0.15) is 5.78 Å². The third kappa shape index (κ3) is 37.0. The minimum atomic E-state index is -0.948. The summed E-state index contributed by atoms with van der Waals surface area (Å²) in [6, 6.07) is 0. The van der Waals surface area contributed by atoms with Gasteiger partial charge < -0.3 is 15.0 Å². The van der Waals surface area contributed by atoms with Crippen LogP contribution in [0.3, 0.4) is 0 Å². The maximum absolute atomic E-state index is 9.79. The number of carbonyl (C=O) groups is 3. The van der Waals surface area contributed by atoms with E-state index >= 15 is 0 Å². The Morgan fingerprint density at radius 3 is 1.31 bits per heavy atom. The minimum Gasteiger partial charge on any atom is -0.481 e. The first-order valence-electron chi connectivity index (χ1n) is 3.77. The zero-order valence-corrected chi connectivity index (χ0v) is 7.74. The molecule has 2 N–H and O–H groups in total. The van der Waals surface area contributed by atoms with Crippen LogP contribution >= 0.6 is 0 Å². The van der Waals surface area contributed by atoms with E-state index in [-0.39, 0.29) is 25.0 Å². The van der Waals surface area contributed by atoms with Crippen molar-refractivity contribution < 1.29 is 24.6 Å². The lowest BCUT2D eigenvalue weighted by Crippen LogP contribution is -1.98. The highest BCUT2D eigenvalue weighted by atomic mass is 16.4. The van der Waals surface area contributed by atoms with Crippen LogP contribution in [-0.2, 0) is 14.4 Å². The Morgan fingerprint density at radius 1 is 0.923 bits per heavy atom. The molecule has 0 aliphatic rings. The molecule has 0 radical (unpaired) electrons. The summed E-state index contributed by atoms with van der Waals surface area (Å²) in [5.74, 6) is -1.73. The lowest BCUT2D eigenvalue weighted by atomic mass is 10.2. The van der Waals surface area contributed by atoms with Crippen LogP contribution in [0.2, 0.25) is 0 Å². The first-order chi connectivity index (χ1) is 5.86. The van der Waals surface area contributed by atoms with Crippen LogP contribution in [0, 0.1) is 0 Å². The molecule has 0 aromatic heterocycles. The topological polar surface area (TPSA) is 91.7 Å². The molecule has 0 aliphatic carbocycles. The van der Waals surface area contributed by atoms with Gasteiger partial charge in [-0.3, -0.25) is 9.59 Å². The van der Waals surface area contributed by atoms with Gasteiger partial charge in [0.2, 0.25) is 0 Å². The van der Waals surface area contributed by atoms with E-state index in [0.717, 1.165) is 0 Å². The molecule has 0 aromatic rings. The molecule has 13 heavy (non-hydrogen) atoms. The first kappa shape index (κ1) is 14.2. The summed E-state index contributed by atoms with van der Waals surface area (Å²) < 4.78 is 0. The normalized spacial score (nSPS) is 8.15. The number of carboxylic acids is 2. The lowest BCUT2D eigenvalue weighted by molar-refractivity contribution is -0.138. The van der Waals surface area contributed by atoms with Crippen molar-refractivity contribution in [3.63, 3.8) is 0 Å². The van der Waals surface area contributed by atoms with Gasteiger partial charge in [-0.2, -0.15) is 0 Å². The minimum absolute atomic E-state index is 0.0632. The highest BCUT2D eigenvalue weighted by Gasteiger charge is 1.99. The zero-order chi connectivity index (χ0) is 10.9. The van der Waals surface area contributed by atoms with Crippen LogP contribution < -0.4 is 0 Å². The summed E-state index contributed by atoms with van der Waals surface area (Å²) in [5.41, 5.74) is 0. The van der Waals surface area contributed by atoms with Crippen LogP contribution in [0.1, 0.15) is 33.1 Å². The molecule has 0 bridgehead atoms. The maximum atomic E-state index is 9.79. The lowest BCUT2D eigenvalue weighted by Gasteiger charge is -1.89. The quantitative estimate of drug-likeness (QED) is 0.687. The van der Waals surface area contributed by atoms with Crippen LogP contribution in [0.4, 0.5) is 0 Å². The van der Waals surface area contributed by atoms with E-state index < -0.39 is 11.9 Å². The number of carboxylic acid groups (broad SMARTS) is 2. The summed E-state index contributed by atoms with van der Waals surface area (Å²) in [4.78, 5) is 29.0. The predicted octanol–water partition coefficient (Wildman–Crippen LogP) is 0.921. The van der Waals surface area contributed by atoms with Crippen LogP contribution in [-0.4, -0.2) is 27.9 Å². The Hall–Kier alpha value is -1.39. The monoisotopic (exact) mass is 190 g/mol. The summed E-state index contributed by atoms with van der Waals surface area (Å²) in [5, 5.41) is 16.1. The maximum Gasteiger partial charge on any atom is 0.303 e. The molecular formula is C8H14O5. The van der Waals surface area contributed by atoms with Gasteiger partial charge in [-0.15, -0.1) is 0 Å². The average molecular weight is 190 g/mol. The molecule has 0 spiro atoms. The van der Waals surface area contributed by atoms with Crippen molar-refractivity contribution in [3.8, 4) is 0 Å². The molecule has 0 atom stereocenters.